The SMILES string of the molecule is Oc1c(Br)cc(Br)cc1/C=N/c1ccn[nH]1. The van der Waals surface area contributed by atoms with Crippen molar-refractivity contribution in [1.82, 2.24) is 10.2 Å². The van der Waals surface area contributed by atoms with Crippen LogP contribution >= 0.6 is 31.9 Å². The Morgan fingerprint density at radius 2 is 2.19 bits per heavy atom. The lowest BCUT2D eigenvalue weighted by atomic mass is 10.2. The van der Waals surface area contributed by atoms with Crippen molar-refractivity contribution in [3.8, 4) is 5.75 Å². The quantitative estimate of drug-likeness (QED) is 0.820. The number of benzene rings is 1. The number of nitrogens with one attached hydrogen (secondary N) is 1. The standard InChI is InChI=1S/C10H7Br2N3O/c11-7-3-6(10(16)8(12)4-7)5-13-9-1-2-14-15-9/h1-5,16H,(H,14,15)/b13-5+. The summed E-state index contributed by atoms with van der Waals surface area (Å²) >= 11 is 6.60. The average Bonchev–Trinajstić information content (AvgIpc) is 2.74. The maximum absolute atomic E-state index is 9.77. The lowest BCUT2D eigenvalue weighted by Gasteiger charge is -2.02. The van der Waals surface area contributed by atoms with E-state index in [2.05, 4.69) is 47.0 Å². The smallest absolute Gasteiger partial charge is 0.147 e. The Morgan fingerprint density at radius 3 is 2.88 bits per heavy atom. The van der Waals surface area contributed by atoms with Gasteiger partial charge >= 0.3 is 0 Å². The van der Waals surface area contributed by atoms with Gasteiger partial charge in [0.25, 0.3) is 0 Å². The van der Waals surface area contributed by atoms with Crippen LogP contribution in [0.15, 0.2) is 38.3 Å². The molecule has 4 nitrogen and oxygen atoms in total. The average molecular weight is 345 g/mol. The van der Waals surface area contributed by atoms with E-state index in [1.807, 2.05) is 0 Å². The first-order chi connectivity index (χ1) is 7.66. The number of phenols is 1. The van der Waals surface area contributed by atoms with E-state index in [9.17, 15) is 5.11 Å². The topological polar surface area (TPSA) is 61.3 Å². The molecule has 1 aromatic carbocycles. The lowest BCUT2D eigenvalue weighted by molar-refractivity contribution is 0.471. The van der Waals surface area contributed by atoms with Crippen molar-refractivity contribution in [2.75, 3.05) is 0 Å². The van der Waals surface area contributed by atoms with Gasteiger partial charge in [0, 0.05) is 22.3 Å². The third kappa shape index (κ3) is 2.51. The first-order valence-electron chi connectivity index (χ1n) is 4.38. The molecule has 16 heavy (non-hydrogen) atoms. The molecule has 0 fully saturated rings. The fraction of sp³-hybridized carbons (Fsp3) is 0. The van der Waals surface area contributed by atoms with Gasteiger partial charge in [-0.3, -0.25) is 5.10 Å². The van der Waals surface area contributed by atoms with Crippen LogP contribution < -0.4 is 0 Å². The summed E-state index contributed by atoms with van der Waals surface area (Å²) in [6.45, 7) is 0. The number of aliphatic imine (C=N–C) groups is 1. The second-order valence-corrected chi connectivity index (χ2v) is 4.80. The fourth-order valence-electron chi connectivity index (χ4n) is 1.14. The highest BCUT2D eigenvalue weighted by molar-refractivity contribution is 9.11. The number of H-pyrrole nitrogens is 1. The highest BCUT2D eigenvalue weighted by atomic mass is 79.9. The summed E-state index contributed by atoms with van der Waals surface area (Å²) in [5.74, 6) is 0.793. The van der Waals surface area contributed by atoms with Crippen LogP contribution in [0.4, 0.5) is 5.82 Å². The minimum absolute atomic E-state index is 0.159. The highest BCUT2D eigenvalue weighted by Crippen LogP contribution is 2.30. The lowest BCUT2D eigenvalue weighted by Crippen LogP contribution is -1.84. The van der Waals surface area contributed by atoms with Gasteiger partial charge in [0.05, 0.1) is 10.7 Å². The number of rotatable bonds is 2. The molecule has 0 unspecified atom stereocenters. The molecule has 2 aromatic rings. The van der Waals surface area contributed by atoms with Gasteiger partial charge in [-0.1, -0.05) is 15.9 Å². The largest absolute Gasteiger partial charge is 0.506 e. The molecule has 1 aromatic heterocycles. The molecule has 0 saturated heterocycles. The van der Waals surface area contributed by atoms with Gasteiger partial charge < -0.3 is 5.11 Å². The number of hydrogen-bond donors (Lipinski definition) is 2. The molecule has 0 saturated carbocycles. The van der Waals surface area contributed by atoms with E-state index < -0.39 is 0 Å². The van der Waals surface area contributed by atoms with Gasteiger partial charge in [0.15, 0.2) is 0 Å². The van der Waals surface area contributed by atoms with E-state index >= 15 is 0 Å². The van der Waals surface area contributed by atoms with Crippen LogP contribution in [0.5, 0.6) is 5.75 Å². The van der Waals surface area contributed by atoms with Crippen LogP contribution in [0, 0.1) is 0 Å². The van der Waals surface area contributed by atoms with Crippen molar-refractivity contribution in [2.45, 2.75) is 0 Å². The second-order valence-electron chi connectivity index (χ2n) is 3.03. The molecule has 6 heteroatoms. The van der Waals surface area contributed by atoms with Gasteiger partial charge in [-0.15, -0.1) is 0 Å². The van der Waals surface area contributed by atoms with Gasteiger partial charge in [-0.2, -0.15) is 5.10 Å². The van der Waals surface area contributed by atoms with Crippen molar-refractivity contribution in [3.05, 3.63) is 38.9 Å². The molecule has 0 radical (unpaired) electrons. The maximum atomic E-state index is 9.77. The Morgan fingerprint density at radius 1 is 1.38 bits per heavy atom. The number of halogens is 2. The fourth-order valence-corrected chi connectivity index (χ4v) is 2.40. The normalized spacial score (nSPS) is 11.1. The first-order valence-corrected chi connectivity index (χ1v) is 5.97. The van der Waals surface area contributed by atoms with Gasteiger partial charge in [0.1, 0.15) is 11.6 Å². The molecule has 0 aliphatic rings. The molecule has 0 spiro atoms. The van der Waals surface area contributed by atoms with Crippen molar-refractivity contribution in [2.24, 2.45) is 4.99 Å². The number of hydrogen-bond acceptors (Lipinski definition) is 3. The van der Waals surface area contributed by atoms with E-state index in [-0.39, 0.29) is 5.75 Å². The zero-order chi connectivity index (χ0) is 11.5. The third-order valence-electron chi connectivity index (χ3n) is 1.89. The highest BCUT2D eigenvalue weighted by Gasteiger charge is 2.05. The zero-order valence-corrected chi connectivity index (χ0v) is 11.2. The Labute approximate surface area is 109 Å². The summed E-state index contributed by atoms with van der Waals surface area (Å²) in [7, 11) is 0. The Bertz CT molecular complexity index is 523. The van der Waals surface area contributed by atoms with Crippen LogP contribution in [0.1, 0.15) is 5.56 Å². The monoisotopic (exact) mass is 343 g/mol. The zero-order valence-electron chi connectivity index (χ0n) is 7.98. The van der Waals surface area contributed by atoms with E-state index in [1.165, 1.54) is 0 Å². The van der Waals surface area contributed by atoms with Crippen LogP contribution in [-0.4, -0.2) is 21.5 Å². The van der Waals surface area contributed by atoms with E-state index in [0.29, 0.717) is 15.9 Å². The van der Waals surface area contributed by atoms with Crippen LogP contribution in [-0.2, 0) is 0 Å². The predicted octanol–water partition coefficient (Wildman–Crippen LogP) is 3.39. The van der Waals surface area contributed by atoms with Crippen molar-refractivity contribution < 1.29 is 5.11 Å². The first kappa shape index (κ1) is 11.3. The second kappa shape index (κ2) is 4.80. The Kier molecular flexibility index (Phi) is 3.40. The Hall–Kier alpha value is -1.14. The van der Waals surface area contributed by atoms with Crippen molar-refractivity contribution in [3.63, 3.8) is 0 Å². The van der Waals surface area contributed by atoms with Crippen LogP contribution in [0.25, 0.3) is 0 Å². The molecule has 1 heterocycles. The van der Waals surface area contributed by atoms with Crippen molar-refractivity contribution >= 4 is 43.9 Å². The van der Waals surface area contributed by atoms with E-state index in [1.54, 1.807) is 30.6 Å². The molecule has 0 aliphatic heterocycles. The summed E-state index contributed by atoms with van der Waals surface area (Å²) < 4.78 is 1.48. The number of nitrogens with zero attached hydrogens (tertiary/aromatic N) is 2. The van der Waals surface area contributed by atoms with Crippen LogP contribution in [0.2, 0.25) is 0 Å². The van der Waals surface area contributed by atoms with E-state index in [0.717, 1.165) is 4.47 Å². The summed E-state index contributed by atoms with van der Waals surface area (Å²) in [5.41, 5.74) is 0.621. The molecule has 0 aliphatic carbocycles. The van der Waals surface area contributed by atoms with Gasteiger partial charge in [0.2, 0.25) is 0 Å². The number of aromatic hydroxyl groups is 1. The van der Waals surface area contributed by atoms with Gasteiger partial charge in [-0.05, 0) is 28.1 Å². The molecule has 0 bridgehead atoms. The molecule has 82 valence electrons. The summed E-state index contributed by atoms with van der Waals surface area (Å²) in [4.78, 5) is 4.13. The minimum atomic E-state index is 0.159. The summed E-state index contributed by atoms with van der Waals surface area (Å²) in [6.07, 6.45) is 3.18. The molecule has 0 amide bonds. The third-order valence-corrected chi connectivity index (χ3v) is 2.95. The number of aromatic nitrogens is 2. The molecule has 0 atom stereocenters. The molecular formula is C10H7Br2N3O. The molecular weight excluding hydrogens is 338 g/mol. The van der Waals surface area contributed by atoms with Crippen LogP contribution in [0.3, 0.4) is 0 Å². The summed E-state index contributed by atoms with van der Waals surface area (Å²) in [5, 5.41) is 16.2. The van der Waals surface area contributed by atoms with E-state index in [4.69, 9.17) is 0 Å². The Balaban J connectivity index is 2.34. The van der Waals surface area contributed by atoms with Gasteiger partial charge in [-0.25, -0.2) is 4.99 Å². The number of phenolic OH excluding ortho intramolecular Hbond substituents is 1. The summed E-state index contributed by atoms with van der Waals surface area (Å²) in [6, 6.07) is 5.28. The van der Waals surface area contributed by atoms with Crippen molar-refractivity contribution in [1.29, 1.82) is 0 Å². The number of aromatic amines is 1. The molecule has 2 rings (SSSR count). The molecule has 2 N–H and O–H groups in total. The predicted molar refractivity (Wildman–Crippen MR) is 69.3 cm³/mol. The maximum Gasteiger partial charge on any atom is 0.147 e. The minimum Gasteiger partial charge on any atom is -0.506 e.